The number of fused-ring (bicyclic) bond motifs is 5. The number of nitrogens with zero attached hydrogens (tertiary/aromatic N) is 6. The van der Waals surface area contributed by atoms with E-state index in [1.165, 1.54) is 23.0 Å². The van der Waals surface area contributed by atoms with E-state index >= 15 is 0 Å². The molecule has 0 aliphatic rings. The molecule has 6 aromatic rings. The Hall–Kier alpha value is -4.59. The number of ether oxygens (including phenoxy) is 1. The van der Waals surface area contributed by atoms with Gasteiger partial charge >= 0.3 is 11.9 Å². The average molecular weight is 540 g/mol. The molecule has 0 spiro atoms. The highest BCUT2D eigenvalue weighted by Gasteiger charge is 2.34. The van der Waals surface area contributed by atoms with Crippen LogP contribution < -0.4 is 4.74 Å². The lowest BCUT2D eigenvalue weighted by Crippen LogP contribution is -2.07. The van der Waals surface area contributed by atoms with Gasteiger partial charge in [0.15, 0.2) is 17.2 Å². The first-order valence-electron chi connectivity index (χ1n) is 11.1. The summed E-state index contributed by atoms with van der Waals surface area (Å²) in [6, 6.07) is 8.94. The molecule has 0 N–H and O–H groups in total. The molecule has 0 saturated carbocycles. The zero-order chi connectivity index (χ0) is 26.8. The van der Waals surface area contributed by atoms with Crippen molar-refractivity contribution in [2.24, 2.45) is 0 Å². The van der Waals surface area contributed by atoms with Gasteiger partial charge in [-0.1, -0.05) is 6.07 Å². The number of furan rings is 1. The first-order chi connectivity index (χ1) is 18.1. The van der Waals surface area contributed by atoms with Gasteiger partial charge in [-0.15, -0.1) is 16.4 Å². The number of nitro groups is 1. The minimum absolute atomic E-state index is 0.0636. The summed E-state index contributed by atoms with van der Waals surface area (Å²) < 4.78 is 53.2. The van der Waals surface area contributed by atoms with E-state index in [1.807, 2.05) is 0 Å². The Balaban J connectivity index is 1.33. The first-order valence-corrected chi connectivity index (χ1v) is 11.9. The van der Waals surface area contributed by atoms with E-state index in [2.05, 4.69) is 20.1 Å². The molecule has 0 aliphatic heterocycles. The van der Waals surface area contributed by atoms with Gasteiger partial charge in [-0.2, -0.15) is 13.2 Å². The van der Waals surface area contributed by atoms with E-state index in [-0.39, 0.29) is 28.7 Å². The molecule has 1 aromatic carbocycles. The van der Waals surface area contributed by atoms with Gasteiger partial charge in [0.2, 0.25) is 5.82 Å². The second-order valence-corrected chi connectivity index (χ2v) is 9.51. The number of aryl methyl sites for hydroxylation is 2. The lowest BCUT2D eigenvalue weighted by atomic mass is 10.1. The second kappa shape index (κ2) is 8.48. The van der Waals surface area contributed by atoms with Crippen molar-refractivity contribution in [1.29, 1.82) is 0 Å². The Morgan fingerprint density at radius 3 is 2.74 bits per heavy atom. The van der Waals surface area contributed by atoms with Crippen LogP contribution in [0.3, 0.4) is 0 Å². The van der Waals surface area contributed by atoms with Crippen LogP contribution in [0.2, 0.25) is 0 Å². The summed E-state index contributed by atoms with van der Waals surface area (Å²) in [5.74, 6) is 1.04. The normalized spacial score (nSPS) is 12.1. The Morgan fingerprint density at radius 2 is 1.97 bits per heavy atom. The molecule has 0 fully saturated rings. The van der Waals surface area contributed by atoms with Crippen LogP contribution in [0.5, 0.6) is 5.75 Å². The number of benzene rings is 1. The highest BCUT2D eigenvalue weighted by atomic mass is 32.1. The number of hydrogen-bond acceptors (Lipinski definition) is 9. The van der Waals surface area contributed by atoms with Gasteiger partial charge < -0.3 is 9.15 Å². The molecule has 0 aliphatic carbocycles. The van der Waals surface area contributed by atoms with Crippen LogP contribution in [0.1, 0.15) is 22.6 Å². The Kier molecular flexibility index (Phi) is 5.31. The lowest BCUT2D eigenvalue weighted by molar-refractivity contribution is -0.386. The summed E-state index contributed by atoms with van der Waals surface area (Å²) in [4.78, 5) is 23.7. The SMILES string of the molecule is Cc1ccc(OCc2ccc(-c3nc4c5sc6nc(C(F)(F)F)cc(C)c6c5ncn4n3)o2)c([N+](=O)[O-])c1. The van der Waals surface area contributed by atoms with Crippen LogP contribution >= 0.6 is 11.3 Å². The van der Waals surface area contributed by atoms with Gasteiger partial charge in [-0.3, -0.25) is 10.1 Å². The highest BCUT2D eigenvalue weighted by molar-refractivity contribution is 7.26. The van der Waals surface area contributed by atoms with Crippen LogP contribution in [0, 0.1) is 24.0 Å². The number of rotatable bonds is 5. The minimum atomic E-state index is -4.56. The average Bonchev–Trinajstić information content (AvgIpc) is 3.58. The molecule has 0 atom stereocenters. The highest BCUT2D eigenvalue weighted by Crippen LogP contribution is 2.39. The van der Waals surface area contributed by atoms with E-state index < -0.39 is 16.8 Å². The van der Waals surface area contributed by atoms with Gasteiger partial charge in [0.25, 0.3) is 0 Å². The quantitative estimate of drug-likeness (QED) is 0.185. The molecule has 0 saturated heterocycles. The maximum Gasteiger partial charge on any atom is 0.433 e. The maximum atomic E-state index is 13.3. The monoisotopic (exact) mass is 540 g/mol. The first kappa shape index (κ1) is 23.8. The molecule has 0 bridgehead atoms. The second-order valence-electron chi connectivity index (χ2n) is 8.51. The van der Waals surface area contributed by atoms with Gasteiger partial charge in [-0.05, 0) is 49.2 Å². The van der Waals surface area contributed by atoms with E-state index in [9.17, 15) is 23.3 Å². The number of halogens is 3. The Bertz CT molecular complexity index is 1890. The Morgan fingerprint density at radius 1 is 1.16 bits per heavy atom. The van der Waals surface area contributed by atoms with Crippen molar-refractivity contribution in [2.45, 2.75) is 26.6 Å². The van der Waals surface area contributed by atoms with E-state index in [4.69, 9.17) is 9.15 Å². The fourth-order valence-corrected chi connectivity index (χ4v) is 5.25. The molecule has 14 heteroatoms. The summed E-state index contributed by atoms with van der Waals surface area (Å²) in [5.41, 5.74) is 0.916. The van der Waals surface area contributed by atoms with Crippen LogP contribution in [0.4, 0.5) is 18.9 Å². The van der Waals surface area contributed by atoms with Crippen molar-refractivity contribution >= 4 is 43.1 Å². The topological polar surface area (TPSA) is 121 Å². The number of pyridine rings is 1. The van der Waals surface area contributed by atoms with Gasteiger partial charge in [0.05, 0.1) is 10.4 Å². The third-order valence-corrected chi connectivity index (χ3v) is 6.89. The summed E-state index contributed by atoms with van der Waals surface area (Å²) >= 11 is 1.06. The number of alkyl halides is 3. The third kappa shape index (κ3) is 3.98. The largest absolute Gasteiger partial charge is 0.479 e. The van der Waals surface area contributed by atoms with Crippen molar-refractivity contribution in [3.63, 3.8) is 0 Å². The maximum absolute atomic E-state index is 13.3. The van der Waals surface area contributed by atoms with E-state index in [0.717, 1.165) is 23.0 Å². The lowest BCUT2D eigenvalue weighted by Gasteiger charge is -2.06. The van der Waals surface area contributed by atoms with E-state index in [1.54, 1.807) is 32.0 Å². The number of nitro benzene ring substituents is 1. The molecule has 38 heavy (non-hydrogen) atoms. The van der Waals surface area contributed by atoms with Crippen molar-refractivity contribution in [1.82, 2.24) is 24.6 Å². The van der Waals surface area contributed by atoms with Crippen LogP contribution in [-0.2, 0) is 12.8 Å². The zero-order valence-electron chi connectivity index (χ0n) is 19.6. The fourth-order valence-electron chi connectivity index (χ4n) is 4.08. The van der Waals surface area contributed by atoms with Gasteiger partial charge in [0.1, 0.15) is 33.9 Å². The van der Waals surface area contributed by atoms with Crippen LogP contribution in [-0.4, -0.2) is 29.5 Å². The molecule has 192 valence electrons. The molecule has 0 radical (unpaired) electrons. The molecular weight excluding hydrogens is 525 g/mol. The Labute approximate surface area is 214 Å². The third-order valence-electron chi connectivity index (χ3n) is 5.82. The number of thiophene rings is 1. The molecule has 5 aromatic heterocycles. The molecule has 0 amide bonds. The molecule has 10 nitrogen and oxygen atoms in total. The van der Waals surface area contributed by atoms with Gasteiger partial charge in [0, 0.05) is 11.5 Å². The van der Waals surface area contributed by atoms with Crippen molar-refractivity contribution in [2.75, 3.05) is 0 Å². The zero-order valence-corrected chi connectivity index (χ0v) is 20.4. The number of hydrogen-bond donors (Lipinski definition) is 0. The van der Waals surface area contributed by atoms with Crippen LogP contribution in [0.25, 0.3) is 37.7 Å². The minimum Gasteiger partial charge on any atom is -0.479 e. The molecule has 5 heterocycles. The van der Waals surface area contributed by atoms with Crippen LogP contribution in [0.15, 0.2) is 47.1 Å². The van der Waals surface area contributed by atoms with Crippen molar-refractivity contribution in [3.8, 4) is 17.3 Å². The standard InChI is InChI=1S/C24H15F3N6O4S/c1-11-3-5-15(14(7-11)33(34)35)36-9-13-4-6-16(37-13)21-30-22-20-19(28-10-32(22)31-21)18-12(2)8-17(24(25,26)27)29-23(18)38-20/h3-8,10H,9H2,1-2H3. The predicted molar refractivity (Wildman–Crippen MR) is 131 cm³/mol. The molecule has 0 unspecified atom stereocenters. The summed E-state index contributed by atoms with van der Waals surface area (Å²) in [6.45, 7) is 3.27. The fraction of sp³-hybridized carbons (Fsp3) is 0.167. The molecule has 6 rings (SSSR count). The van der Waals surface area contributed by atoms with E-state index in [0.29, 0.717) is 38.3 Å². The summed E-state index contributed by atoms with van der Waals surface area (Å²) in [5, 5.41) is 16.2. The summed E-state index contributed by atoms with van der Waals surface area (Å²) in [7, 11) is 0. The van der Waals surface area contributed by atoms with Crippen molar-refractivity contribution in [3.05, 3.63) is 75.4 Å². The number of aromatic nitrogens is 5. The smallest absolute Gasteiger partial charge is 0.433 e. The predicted octanol–water partition coefficient (Wildman–Crippen LogP) is 6.27. The van der Waals surface area contributed by atoms with Gasteiger partial charge in [-0.25, -0.2) is 19.5 Å². The summed E-state index contributed by atoms with van der Waals surface area (Å²) in [6.07, 6.45) is -3.13. The molecular formula is C24H15F3N6O4S. The van der Waals surface area contributed by atoms with Crippen molar-refractivity contribution < 1.29 is 27.2 Å².